The molecule has 0 bridgehead atoms. The molecule has 1 N–H and O–H groups in total. The summed E-state index contributed by atoms with van der Waals surface area (Å²) in [5, 5.41) is 3.32. The van der Waals surface area contributed by atoms with Gasteiger partial charge in [0, 0.05) is 22.5 Å². The average Bonchev–Trinajstić information content (AvgIpc) is 2.43. The molecule has 0 atom stereocenters. The van der Waals surface area contributed by atoms with Gasteiger partial charge in [-0.2, -0.15) is 0 Å². The summed E-state index contributed by atoms with van der Waals surface area (Å²) in [5.74, 6) is -0.319. The van der Waals surface area contributed by atoms with Crippen LogP contribution in [-0.2, 0) is 9.84 Å². The van der Waals surface area contributed by atoms with Crippen LogP contribution in [0.5, 0.6) is 0 Å². The number of carbonyl (C=O) groups excluding carboxylic acids is 1. The van der Waals surface area contributed by atoms with Gasteiger partial charge in [-0.1, -0.05) is 17.7 Å². The minimum atomic E-state index is -3.27. The van der Waals surface area contributed by atoms with Crippen LogP contribution >= 0.6 is 11.6 Å². The second-order valence-corrected chi connectivity index (χ2v) is 7.09. The fraction of sp³-hybridized carbons (Fsp3) is 0.133. The van der Waals surface area contributed by atoms with E-state index in [1.165, 1.54) is 24.3 Å². The van der Waals surface area contributed by atoms with E-state index in [1.54, 1.807) is 18.2 Å². The van der Waals surface area contributed by atoms with E-state index in [2.05, 4.69) is 5.32 Å². The predicted molar refractivity (Wildman–Crippen MR) is 83.7 cm³/mol. The fourth-order valence-electron chi connectivity index (χ4n) is 1.79. The van der Waals surface area contributed by atoms with Crippen LogP contribution in [0, 0.1) is 6.92 Å². The Morgan fingerprint density at radius 2 is 1.71 bits per heavy atom. The molecule has 0 aliphatic heterocycles. The number of nitrogens with one attached hydrogen (secondary N) is 1. The van der Waals surface area contributed by atoms with Crippen LogP contribution in [0.2, 0.25) is 5.02 Å². The van der Waals surface area contributed by atoms with Crippen molar-refractivity contribution >= 4 is 33.0 Å². The summed E-state index contributed by atoms with van der Waals surface area (Å²) in [5.41, 5.74) is 1.78. The zero-order chi connectivity index (χ0) is 15.6. The third kappa shape index (κ3) is 3.62. The molecular formula is C15H14ClNO3S. The molecule has 2 aromatic carbocycles. The van der Waals surface area contributed by atoms with E-state index >= 15 is 0 Å². The van der Waals surface area contributed by atoms with E-state index in [-0.39, 0.29) is 10.8 Å². The Balaban J connectivity index is 2.23. The van der Waals surface area contributed by atoms with Gasteiger partial charge in [-0.25, -0.2) is 8.42 Å². The van der Waals surface area contributed by atoms with Gasteiger partial charge < -0.3 is 5.32 Å². The van der Waals surface area contributed by atoms with Crippen molar-refractivity contribution < 1.29 is 13.2 Å². The van der Waals surface area contributed by atoms with Gasteiger partial charge in [-0.15, -0.1) is 0 Å². The molecule has 21 heavy (non-hydrogen) atoms. The highest BCUT2D eigenvalue weighted by Crippen LogP contribution is 2.23. The summed E-state index contributed by atoms with van der Waals surface area (Å²) in [6, 6.07) is 11.0. The van der Waals surface area contributed by atoms with E-state index < -0.39 is 9.84 Å². The zero-order valence-electron chi connectivity index (χ0n) is 11.6. The van der Waals surface area contributed by atoms with Crippen molar-refractivity contribution in [3.8, 4) is 0 Å². The first-order chi connectivity index (χ1) is 9.79. The normalized spacial score (nSPS) is 11.2. The van der Waals surface area contributed by atoms with Gasteiger partial charge >= 0.3 is 0 Å². The van der Waals surface area contributed by atoms with Gasteiger partial charge in [0.1, 0.15) is 0 Å². The smallest absolute Gasteiger partial charge is 0.255 e. The molecule has 0 spiro atoms. The minimum Gasteiger partial charge on any atom is -0.322 e. The van der Waals surface area contributed by atoms with Gasteiger partial charge in [-0.3, -0.25) is 4.79 Å². The average molecular weight is 324 g/mol. The zero-order valence-corrected chi connectivity index (χ0v) is 13.1. The molecule has 0 saturated heterocycles. The van der Waals surface area contributed by atoms with Crippen LogP contribution in [0.4, 0.5) is 5.69 Å². The highest BCUT2D eigenvalue weighted by molar-refractivity contribution is 7.90. The molecule has 0 fully saturated rings. The highest BCUT2D eigenvalue weighted by Gasteiger charge is 2.11. The number of anilines is 1. The lowest BCUT2D eigenvalue weighted by Gasteiger charge is -2.09. The Kier molecular flexibility index (Phi) is 4.34. The number of rotatable bonds is 3. The number of hydrogen-bond acceptors (Lipinski definition) is 3. The standard InChI is InChI=1S/C15H14ClNO3S/c1-10-13(16)4-3-5-14(10)17-15(18)11-6-8-12(9-7-11)21(2,19)20/h3-9H,1-2H3,(H,17,18). The molecule has 0 aliphatic carbocycles. The summed E-state index contributed by atoms with van der Waals surface area (Å²) < 4.78 is 22.7. The van der Waals surface area contributed by atoms with E-state index in [0.29, 0.717) is 16.3 Å². The first-order valence-electron chi connectivity index (χ1n) is 6.15. The lowest BCUT2D eigenvalue weighted by molar-refractivity contribution is 0.102. The minimum absolute atomic E-state index is 0.179. The first kappa shape index (κ1) is 15.5. The van der Waals surface area contributed by atoms with Crippen LogP contribution in [0.15, 0.2) is 47.4 Å². The molecule has 0 radical (unpaired) electrons. The van der Waals surface area contributed by atoms with E-state index in [1.807, 2.05) is 6.92 Å². The quantitative estimate of drug-likeness (QED) is 0.942. The van der Waals surface area contributed by atoms with Gasteiger partial charge in [0.05, 0.1) is 4.90 Å². The number of halogens is 1. The molecule has 6 heteroatoms. The van der Waals surface area contributed by atoms with Crippen molar-refractivity contribution in [2.24, 2.45) is 0 Å². The SMILES string of the molecule is Cc1c(Cl)cccc1NC(=O)c1ccc(S(C)(=O)=O)cc1. The number of carbonyl (C=O) groups is 1. The Hall–Kier alpha value is -1.85. The molecule has 0 aliphatic rings. The Morgan fingerprint density at radius 1 is 1.10 bits per heavy atom. The number of benzene rings is 2. The summed E-state index contributed by atoms with van der Waals surface area (Å²) >= 11 is 6.00. The summed E-state index contributed by atoms with van der Waals surface area (Å²) in [4.78, 5) is 12.3. The molecular weight excluding hydrogens is 310 g/mol. The number of hydrogen-bond donors (Lipinski definition) is 1. The third-order valence-electron chi connectivity index (χ3n) is 3.06. The molecule has 2 rings (SSSR count). The summed E-state index contributed by atoms with van der Waals surface area (Å²) in [7, 11) is -3.27. The lowest BCUT2D eigenvalue weighted by Crippen LogP contribution is -2.13. The molecule has 4 nitrogen and oxygen atoms in total. The number of sulfone groups is 1. The van der Waals surface area contributed by atoms with Crippen LogP contribution in [-0.4, -0.2) is 20.6 Å². The largest absolute Gasteiger partial charge is 0.322 e. The molecule has 0 unspecified atom stereocenters. The molecule has 1 amide bonds. The van der Waals surface area contributed by atoms with E-state index in [4.69, 9.17) is 11.6 Å². The second kappa shape index (κ2) is 5.87. The Bertz CT molecular complexity index is 783. The first-order valence-corrected chi connectivity index (χ1v) is 8.42. The van der Waals surface area contributed by atoms with Crippen LogP contribution < -0.4 is 5.32 Å². The van der Waals surface area contributed by atoms with Crippen molar-refractivity contribution in [3.05, 3.63) is 58.6 Å². The second-order valence-electron chi connectivity index (χ2n) is 4.66. The fourth-order valence-corrected chi connectivity index (χ4v) is 2.60. The van der Waals surface area contributed by atoms with Crippen molar-refractivity contribution in [1.82, 2.24) is 0 Å². The van der Waals surface area contributed by atoms with E-state index in [9.17, 15) is 13.2 Å². The molecule has 2 aromatic rings. The van der Waals surface area contributed by atoms with Crippen molar-refractivity contribution in [3.63, 3.8) is 0 Å². The van der Waals surface area contributed by atoms with Gasteiger partial charge in [0.25, 0.3) is 5.91 Å². The maximum absolute atomic E-state index is 12.1. The summed E-state index contributed by atoms with van der Waals surface area (Å²) in [6.07, 6.45) is 1.12. The van der Waals surface area contributed by atoms with Crippen molar-refractivity contribution in [2.45, 2.75) is 11.8 Å². The van der Waals surface area contributed by atoms with Gasteiger partial charge in [-0.05, 0) is 48.9 Å². The maximum Gasteiger partial charge on any atom is 0.255 e. The highest BCUT2D eigenvalue weighted by atomic mass is 35.5. The molecule has 0 aromatic heterocycles. The van der Waals surface area contributed by atoms with Crippen molar-refractivity contribution in [1.29, 1.82) is 0 Å². The number of amides is 1. The van der Waals surface area contributed by atoms with Crippen molar-refractivity contribution in [2.75, 3.05) is 11.6 Å². The summed E-state index contributed by atoms with van der Waals surface area (Å²) in [6.45, 7) is 1.81. The molecule has 0 heterocycles. The lowest BCUT2D eigenvalue weighted by atomic mass is 10.1. The topological polar surface area (TPSA) is 63.2 Å². The monoisotopic (exact) mass is 323 g/mol. The van der Waals surface area contributed by atoms with Crippen LogP contribution in [0.25, 0.3) is 0 Å². The Morgan fingerprint density at radius 3 is 2.29 bits per heavy atom. The Labute approximate surface area is 128 Å². The predicted octanol–water partition coefficient (Wildman–Crippen LogP) is 3.30. The maximum atomic E-state index is 12.1. The van der Waals surface area contributed by atoms with E-state index in [0.717, 1.165) is 11.8 Å². The van der Waals surface area contributed by atoms with Crippen LogP contribution in [0.1, 0.15) is 15.9 Å². The van der Waals surface area contributed by atoms with Crippen LogP contribution in [0.3, 0.4) is 0 Å². The molecule has 0 saturated carbocycles. The third-order valence-corrected chi connectivity index (χ3v) is 4.60. The van der Waals surface area contributed by atoms with Gasteiger partial charge in [0.15, 0.2) is 9.84 Å². The molecule has 110 valence electrons. The van der Waals surface area contributed by atoms with Gasteiger partial charge in [0.2, 0.25) is 0 Å².